The van der Waals surface area contributed by atoms with Gasteiger partial charge in [-0.1, -0.05) is 68.1 Å². The predicted octanol–water partition coefficient (Wildman–Crippen LogP) is 4.10. The van der Waals surface area contributed by atoms with Crippen molar-refractivity contribution >= 4 is 17.4 Å². The number of halogens is 1. The van der Waals surface area contributed by atoms with Crippen molar-refractivity contribution in [2.75, 3.05) is 34.4 Å². The minimum atomic E-state index is -0.240. The third kappa shape index (κ3) is 10.1. The maximum atomic E-state index is 12.7. The zero-order valence-electron chi connectivity index (χ0n) is 24.4. The van der Waals surface area contributed by atoms with Crippen LogP contribution in [0.25, 0.3) is 0 Å². The van der Waals surface area contributed by atoms with Gasteiger partial charge in [0.2, 0.25) is 0 Å². The van der Waals surface area contributed by atoms with Crippen molar-refractivity contribution < 1.29 is 47.8 Å². The van der Waals surface area contributed by atoms with E-state index < -0.39 is 0 Å². The quantitative estimate of drug-likeness (QED) is 0.112. The molecular formula is C34H42INO5. The van der Waals surface area contributed by atoms with E-state index in [1.165, 1.54) is 5.69 Å². The summed E-state index contributed by atoms with van der Waals surface area (Å²) >= 11 is 0. The lowest BCUT2D eigenvalue weighted by Gasteiger charge is -2.26. The Balaban J connectivity index is 0.00000462. The van der Waals surface area contributed by atoms with Gasteiger partial charge in [0, 0.05) is 0 Å². The summed E-state index contributed by atoms with van der Waals surface area (Å²) < 4.78 is 18.2. The summed E-state index contributed by atoms with van der Waals surface area (Å²) in [6.07, 6.45) is 6.61. The highest BCUT2D eigenvalue weighted by molar-refractivity contribution is 6.00. The van der Waals surface area contributed by atoms with Crippen LogP contribution in [0.2, 0.25) is 0 Å². The van der Waals surface area contributed by atoms with E-state index in [1.54, 1.807) is 6.07 Å². The Labute approximate surface area is 261 Å². The maximum absolute atomic E-state index is 12.7. The number of benzene rings is 3. The Kier molecular flexibility index (Phi) is 12.7. The molecule has 3 aromatic rings. The Morgan fingerprint density at radius 2 is 1.51 bits per heavy atom. The van der Waals surface area contributed by atoms with E-state index in [9.17, 15) is 9.59 Å². The first-order chi connectivity index (χ1) is 19.3. The van der Waals surface area contributed by atoms with Gasteiger partial charge in [-0.05, 0) is 54.3 Å². The number of esters is 1. The number of unbranched alkanes of at least 4 members (excludes halogenated alkanes) is 5. The summed E-state index contributed by atoms with van der Waals surface area (Å²) in [4.78, 5) is 24.9. The van der Waals surface area contributed by atoms with Crippen LogP contribution in [-0.2, 0) is 16.0 Å². The van der Waals surface area contributed by atoms with Crippen LogP contribution in [0.15, 0.2) is 72.8 Å². The van der Waals surface area contributed by atoms with E-state index in [4.69, 9.17) is 14.2 Å². The summed E-state index contributed by atoms with van der Waals surface area (Å²) in [5.41, 5.74) is 3.80. The third-order valence-electron chi connectivity index (χ3n) is 7.19. The first kappa shape index (κ1) is 32.6. The minimum absolute atomic E-state index is 0. The van der Waals surface area contributed by atoms with Gasteiger partial charge in [-0.25, -0.2) is 0 Å². The van der Waals surface area contributed by atoms with Crippen molar-refractivity contribution in [3.05, 3.63) is 89.5 Å². The molecule has 1 aliphatic heterocycles. The number of Topliss-reactive ketones (excluding diaryl/α,β-unsaturated/α-hetero) is 1. The van der Waals surface area contributed by atoms with E-state index in [1.807, 2.05) is 54.6 Å². The molecule has 0 fully saturated rings. The van der Waals surface area contributed by atoms with E-state index in [-0.39, 0.29) is 41.8 Å². The van der Waals surface area contributed by atoms with Gasteiger partial charge in [0.25, 0.3) is 0 Å². The topological polar surface area (TPSA) is 61.8 Å². The number of ether oxygens (including phenoxy) is 3. The van der Waals surface area contributed by atoms with Crippen LogP contribution in [-0.4, -0.2) is 46.1 Å². The van der Waals surface area contributed by atoms with Crippen molar-refractivity contribution in [3.8, 4) is 11.5 Å². The normalized spacial score (nSPS) is 14.4. The molecule has 7 heteroatoms. The molecule has 4 rings (SSSR count). The van der Waals surface area contributed by atoms with Crippen molar-refractivity contribution in [2.24, 2.45) is 0 Å². The fourth-order valence-electron chi connectivity index (χ4n) is 4.81. The lowest BCUT2D eigenvalue weighted by molar-refractivity contribution is -0.142. The molecule has 220 valence electrons. The zero-order valence-corrected chi connectivity index (χ0v) is 26.6. The average Bonchev–Trinajstić information content (AvgIpc) is 2.94. The van der Waals surface area contributed by atoms with Crippen LogP contribution in [0.5, 0.6) is 11.5 Å². The van der Waals surface area contributed by atoms with Crippen LogP contribution in [0.1, 0.15) is 72.5 Å². The van der Waals surface area contributed by atoms with Gasteiger partial charge in [-0.15, -0.1) is 0 Å². The van der Waals surface area contributed by atoms with Crippen molar-refractivity contribution in [3.63, 3.8) is 0 Å². The van der Waals surface area contributed by atoms with E-state index in [0.717, 1.165) is 54.1 Å². The summed E-state index contributed by atoms with van der Waals surface area (Å²) in [5, 5.41) is 0. The zero-order chi connectivity index (χ0) is 28.4. The van der Waals surface area contributed by atoms with Crippen LogP contribution in [0.3, 0.4) is 0 Å². The number of ketones is 1. The average molecular weight is 672 g/mol. The molecule has 0 aromatic heterocycles. The van der Waals surface area contributed by atoms with Gasteiger partial charge in [0.15, 0.2) is 5.78 Å². The number of quaternary nitrogens is 1. The van der Waals surface area contributed by atoms with Crippen molar-refractivity contribution in [1.82, 2.24) is 4.48 Å². The molecule has 0 spiro atoms. The number of fused-ring (bicyclic) bond motifs is 1. The summed E-state index contributed by atoms with van der Waals surface area (Å²) in [5.74, 6) is 1.25. The maximum Gasteiger partial charge on any atom is 0.310 e. The summed E-state index contributed by atoms with van der Waals surface area (Å²) in [6, 6.07) is 23.5. The third-order valence-corrected chi connectivity index (χ3v) is 7.19. The molecule has 0 saturated carbocycles. The molecule has 0 amide bonds. The smallest absolute Gasteiger partial charge is 0.310 e. The Morgan fingerprint density at radius 1 is 0.854 bits per heavy atom. The van der Waals surface area contributed by atoms with Crippen molar-refractivity contribution in [1.29, 1.82) is 0 Å². The summed E-state index contributed by atoms with van der Waals surface area (Å²) in [6.45, 7) is 1.10. The van der Waals surface area contributed by atoms with Crippen molar-refractivity contribution in [2.45, 2.75) is 57.5 Å². The molecule has 1 heterocycles. The fourth-order valence-corrected chi connectivity index (χ4v) is 4.81. The van der Waals surface area contributed by atoms with Crippen LogP contribution >= 0.6 is 0 Å². The van der Waals surface area contributed by atoms with Crippen LogP contribution < -0.4 is 37.9 Å². The van der Waals surface area contributed by atoms with Gasteiger partial charge in [-0.3, -0.25) is 14.1 Å². The predicted molar refractivity (Wildman–Crippen MR) is 159 cm³/mol. The molecule has 3 aromatic carbocycles. The number of nitrogens with zero attached hydrogens (tertiary/aromatic N) is 1. The Bertz CT molecular complexity index is 1250. The number of hydrogen-bond acceptors (Lipinski definition) is 5. The molecule has 1 unspecified atom stereocenters. The monoisotopic (exact) mass is 671 g/mol. The second-order valence-electron chi connectivity index (χ2n) is 11.3. The molecule has 0 bridgehead atoms. The highest BCUT2D eigenvalue weighted by Gasteiger charge is 2.28. The first-order valence-electron chi connectivity index (χ1n) is 14.4. The Hall–Kier alpha value is -2.91. The standard InChI is InChI=1S/C34H42NO5.HI/c1-35(2,3)28-17-15-26(16-18-28)23-34(37)39-22-12-7-5-4-6-11-21-38-29-19-20-32-30(24-29)31(36)25-33(40-32)27-13-9-8-10-14-27;/h8-10,13-20,24,33H,4-7,11-12,21-23,25H2,1-3H3;1H/q+1;/p-1. The highest BCUT2D eigenvalue weighted by atomic mass is 127. The number of rotatable bonds is 14. The molecule has 1 atom stereocenters. The molecule has 0 aliphatic carbocycles. The lowest BCUT2D eigenvalue weighted by atomic mass is 9.96. The molecule has 0 radical (unpaired) electrons. The molecule has 41 heavy (non-hydrogen) atoms. The van der Waals surface area contributed by atoms with E-state index in [2.05, 4.69) is 33.3 Å². The first-order valence-corrected chi connectivity index (χ1v) is 14.4. The second-order valence-corrected chi connectivity index (χ2v) is 11.3. The van der Waals surface area contributed by atoms with Gasteiger partial charge in [0.05, 0.1) is 52.8 Å². The molecular weight excluding hydrogens is 629 g/mol. The number of hydrogen-bond donors (Lipinski definition) is 0. The molecule has 6 nitrogen and oxygen atoms in total. The van der Waals surface area contributed by atoms with Crippen LogP contribution in [0, 0.1) is 0 Å². The van der Waals surface area contributed by atoms with E-state index in [0.29, 0.717) is 43.1 Å². The molecule has 0 N–H and O–H groups in total. The largest absolute Gasteiger partial charge is 1.00 e. The van der Waals surface area contributed by atoms with Gasteiger partial charge in [-0.2, -0.15) is 0 Å². The second kappa shape index (κ2) is 15.9. The van der Waals surface area contributed by atoms with E-state index >= 15 is 0 Å². The van der Waals surface area contributed by atoms with Gasteiger partial charge in [0.1, 0.15) is 23.3 Å². The SMILES string of the molecule is C[N+](C)(C)c1ccc(CC(=O)OCCCCCCCCOc2ccc3c(c2)C(=O)CC(c2ccccc2)O3)cc1.[I-]. The highest BCUT2D eigenvalue weighted by Crippen LogP contribution is 2.36. The lowest BCUT2D eigenvalue weighted by Crippen LogP contribution is -3.00. The number of carbonyl (C=O) groups is 2. The fraction of sp³-hybridized carbons (Fsp3) is 0.412. The van der Waals surface area contributed by atoms with Gasteiger partial charge >= 0.3 is 5.97 Å². The summed E-state index contributed by atoms with van der Waals surface area (Å²) in [7, 11) is 6.36. The number of carbonyl (C=O) groups excluding carboxylic acids is 2. The molecule has 0 saturated heterocycles. The Morgan fingerprint density at radius 3 is 2.20 bits per heavy atom. The molecule has 1 aliphatic rings. The minimum Gasteiger partial charge on any atom is -1.00 e. The van der Waals surface area contributed by atoms with Crippen LogP contribution in [0.4, 0.5) is 5.69 Å². The van der Waals surface area contributed by atoms with Gasteiger partial charge < -0.3 is 38.2 Å².